The minimum atomic E-state index is -4.76. The summed E-state index contributed by atoms with van der Waals surface area (Å²) in [6, 6.07) is 1.58. The molecule has 1 aromatic carbocycles. The molecule has 142 valence electrons. The first-order valence-corrected chi connectivity index (χ1v) is 9.01. The zero-order chi connectivity index (χ0) is 19.9. The van der Waals surface area contributed by atoms with Gasteiger partial charge in [-0.05, 0) is 58.8 Å². The number of hydrogen-bond acceptors (Lipinski definition) is 5. The van der Waals surface area contributed by atoms with Gasteiger partial charge in [0.15, 0.2) is 0 Å². The van der Waals surface area contributed by atoms with E-state index in [1.165, 1.54) is 0 Å². The van der Waals surface area contributed by atoms with Gasteiger partial charge in [0.1, 0.15) is 5.70 Å². The van der Waals surface area contributed by atoms with Crippen molar-refractivity contribution in [2.75, 3.05) is 5.73 Å². The third-order valence-corrected chi connectivity index (χ3v) is 5.35. The Balaban J connectivity index is 2.50. The van der Waals surface area contributed by atoms with Crippen LogP contribution in [-0.4, -0.2) is 23.6 Å². The summed E-state index contributed by atoms with van der Waals surface area (Å²) in [7, 11) is 0. The van der Waals surface area contributed by atoms with E-state index in [0.717, 1.165) is 24.6 Å². The molecule has 1 aromatic heterocycles. The maximum atomic E-state index is 13.2. The Morgan fingerprint density at radius 1 is 1.19 bits per heavy atom. The quantitative estimate of drug-likeness (QED) is 0.421. The van der Waals surface area contributed by atoms with Crippen LogP contribution in [0.3, 0.4) is 0 Å². The number of fused-ring (bicyclic) bond motifs is 3. The molecule has 3 rings (SSSR count). The van der Waals surface area contributed by atoms with Gasteiger partial charge in [0.05, 0.1) is 11.2 Å². The number of hydrogen-bond donors (Lipinski definition) is 4. The summed E-state index contributed by atoms with van der Waals surface area (Å²) in [6.45, 7) is 0. The van der Waals surface area contributed by atoms with Crippen LogP contribution < -0.4 is 11.5 Å². The van der Waals surface area contributed by atoms with Crippen LogP contribution in [0.4, 0.5) is 18.9 Å². The third kappa shape index (κ3) is 3.20. The van der Waals surface area contributed by atoms with E-state index >= 15 is 0 Å². The molecule has 0 bridgehead atoms. The van der Waals surface area contributed by atoms with Crippen LogP contribution in [0.2, 0.25) is 0 Å². The van der Waals surface area contributed by atoms with Crippen molar-refractivity contribution in [3.05, 3.63) is 38.6 Å². The fourth-order valence-corrected chi connectivity index (χ4v) is 4.05. The van der Waals surface area contributed by atoms with Crippen LogP contribution in [0.25, 0.3) is 16.5 Å². The van der Waals surface area contributed by atoms with Crippen molar-refractivity contribution in [1.29, 1.82) is 10.8 Å². The fraction of sp³-hybridized carbons (Fsp3) is 0.278. The first kappa shape index (κ1) is 19.3. The Morgan fingerprint density at radius 2 is 1.81 bits per heavy atom. The van der Waals surface area contributed by atoms with Crippen molar-refractivity contribution in [1.82, 2.24) is 4.98 Å². The molecule has 1 aliphatic carbocycles. The number of pyridine rings is 1. The summed E-state index contributed by atoms with van der Waals surface area (Å²) >= 11 is 3.38. The molecule has 27 heavy (non-hydrogen) atoms. The van der Waals surface area contributed by atoms with Gasteiger partial charge in [-0.2, -0.15) is 13.2 Å². The number of alkyl halides is 3. The van der Waals surface area contributed by atoms with Gasteiger partial charge < -0.3 is 22.3 Å². The van der Waals surface area contributed by atoms with Gasteiger partial charge in [0, 0.05) is 39.1 Å². The summed E-state index contributed by atoms with van der Waals surface area (Å²) < 4.78 is 40.1. The number of benzene rings is 1. The molecule has 0 atom stereocenters. The molecular weight excluding hydrogens is 423 g/mol. The van der Waals surface area contributed by atoms with E-state index in [1.54, 1.807) is 6.07 Å². The third-order valence-electron chi connectivity index (χ3n) is 4.74. The van der Waals surface area contributed by atoms with Gasteiger partial charge in [-0.1, -0.05) is 0 Å². The molecule has 1 heterocycles. The summed E-state index contributed by atoms with van der Waals surface area (Å²) in [6.07, 6.45) is -0.188. The Labute approximate surface area is 161 Å². The number of aryl methyl sites for hydroxylation is 1. The topological polar surface area (TPSA) is 113 Å². The number of rotatable bonds is 3. The Kier molecular flexibility index (Phi) is 4.98. The van der Waals surface area contributed by atoms with Crippen LogP contribution >= 0.6 is 15.9 Å². The highest BCUT2D eigenvalue weighted by Gasteiger charge is 2.36. The van der Waals surface area contributed by atoms with Crippen LogP contribution in [0, 0.1) is 10.8 Å². The summed E-state index contributed by atoms with van der Waals surface area (Å²) in [5.41, 5.74) is 12.4. The van der Waals surface area contributed by atoms with Gasteiger partial charge in [-0.3, -0.25) is 0 Å². The SMILES string of the molecule is N=CC(=C(N)C(F)(F)F)c1nc2c(Br)cc(N)c(C=N)c2c2c1CCCC2. The van der Waals surface area contributed by atoms with Crippen molar-refractivity contribution in [2.24, 2.45) is 5.73 Å². The molecule has 6 N–H and O–H groups in total. The molecule has 0 radical (unpaired) electrons. The molecule has 0 spiro atoms. The standard InChI is InChI=1S/C18H17BrF3N5/c19-12-5-13(25)10(6-23)14-8-3-1-2-4-9(8)15(27-16(12)14)11(7-24)17(26)18(20,21)22/h5-7,23-24H,1-4,25-26H2. The van der Waals surface area contributed by atoms with Gasteiger partial charge >= 0.3 is 6.18 Å². The molecule has 0 fully saturated rings. The second kappa shape index (κ2) is 6.95. The van der Waals surface area contributed by atoms with Crippen LogP contribution in [0.5, 0.6) is 0 Å². The van der Waals surface area contributed by atoms with E-state index in [9.17, 15) is 13.2 Å². The van der Waals surface area contributed by atoms with Crippen molar-refractivity contribution < 1.29 is 13.2 Å². The lowest BCUT2D eigenvalue weighted by atomic mass is 9.84. The lowest BCUT2D eigenvalue weighted by Crippen LogP contribution is -2.23. The highest BCUT2D eigenvalue weighted by molar-refractivity contribution is 9.10. The Hall–Kier alpha value is -2.42. The number of allylic oxidation sites excluding steroid dienone is 2. The minimum Gasteiger partial charge on any atom is -0.398 e. The normalized spacial score (nSPS) is 15.3. The van der Waals surface area contributed by atoms with Gasteiger partial charge in [-0.25, -0.2) is 4.98 Å². The molecule has 0 saturated carbocycles. The van der Waals surface area contributed by atoms with Crippen molar-refractivity contribution in [3.8, 4) is 0 Å². The van der Waals surface area contributed by atoms with Crippen LogP contribution in [0.1, 0.15) is 35.2 Å². The number of nitrogens with zero attached hydrogens (tertiary/aromatic N) is 1. The Bertz CT molecular complexity index is 995. The van der Waals surface area contributed by atoms with Gasteiger partial charge in [0.2, 0.25) is 0 Å². The average Bonchev–Trinajstić information content (AvgIpc) is 2.62. The summed E-state index contributed by atoms with van der Waals surface area (Å²) in [5.74, 6) is 0. The van der Waals surface area contributed by atoms with E-state index in [0.29, 0.717) is 51.2 Å². The number of halogens is 4. The minimum absolute atomic E-state index is 0.0726. The number of nitrogen functional groups attached to an aromatic ring is 1. The first-order valence-electron chi connectivity index (χ1n) is 8.22. The van der Waals surface area contributed by atoms with E-state index in [2.05, 4.69) is 20.9 Å². The lowest BCUT2D eigenvalue weighted by Gasteiger charge is -2.24. The van der Waals surface area contributed by atoms with E-state index in [1.807, 2.05) is 0 Å². The summed E-state index contributed by atoms with van der Waals surface area (Å²) in [5, 5.41) is 15.9. The molecule has 0 saturated heterocycles. The van der Waals surface area contributed by atoms with Crippen molar-refractivity contribution in [3.63, 3.8) is 0 Å². The molecule has 1 aliphatic rings. The zero-order valence-corrected chi connectivity index (χ0v) is 15.8. The van der Waals surface area contributed by atoms with Crippen LogP contribution in [-0.2, 0) is 12.8 Å². The van der Waals surface area contributed by atoms with E-state index in [-0.39, 0.29) is 5.69 Å². The van der Waals surface area contributed by atoms with Gasteiger partial charge in [0.25, 0.3) is 0 Å². The van der Waals surface area contributed by atoms with Gasteiger partial charge in [-0.15, -0.1) is 0 Å². The molecule has 0 unspecified atom stereocenters. The fourth-order valence-electron chi connectivity index (χ4n) is 3.52. The number of anilines is 1. The van der Waals surface area contributed by atoms with Crippen LogP contribution in [0.15, 0.2) is 16.2 Å². The smallest absolute Gasteiger partial charge is 0.398 e. The molecule has 9 heteroatoms. The highest BCUT2D eigenvalue weighted by Crippen LogP contribution is 2.40. The second-order valence-corrected chi connectivity index (χ2v) is 7.18. The van der Waals surface area contributed by atoms with Crippen molar-refractivity contribution >= 4 is 50.5 Å². The highest BCUT2D eigenvalue weighted by atomic mass is 79.9. The van der Waals surface area contributed by atoms with E-state index < -0.39 is 17.4 Å². The largest absolute Gasteiger partial charge is 0.431 e. The molecule has 0 aliphatic heterocycles. The number of nitrogens with two attached hydrogens (primary N) is 2. The predicted octanol–water partition coefficient (Wildman–Crippen LogP) is 4.34. The van der Waals surface area contributed by atoms with Crippen molar-refractivity contribution in [2.45, 2.75) is 31.9 Å². The predicted molar refractivity (Wildman–Crippen MR) is 104 cm³/mol. The summed E-state index contributed by atoms with van der Waals surface area (Å²) in [4.78, 5) is 4.45. The number of aromatic nitrogens is 1. The molecule has 2 aromatic rings. The average molecular weight is 440 g/mol. The molecular formula is C18H17BrF3N5. The lowest BCUT2D eigenvalue weighted by molar-refractivity contribution is -0.0919. The monoisotopic (exact) mass is 439 g/mol. The number of nitrogens with one attached hydrogen (secondary N) is 2. The molecule has 0 amide bonds. The maximum Gasteiger partial charge on any atom is 0.431 e. The second-order valence-electron chi connectivity index (χ2n) is 6.32. The maximum absolute atomic E-state index is 13.2. The Morgan fingerprint density at radius 3 is 2.37 bits per heavy atom. The first-order chi connectivity index (χ1) is 12.7. The molecule has 5 nitrogen and oxygen atoms in total. The zero-order valence-electron chi connectivity index (χ0n) is 14.2. The van der Waals surface area contributed by atoms with E-state index in [4.69, 9.17) is 22.3 Å².